The van der Waals surface area contributed by atoms with Crippen LogP contribution in [0.3, 0.4) is 0 Å². The summed E-state index contributed by atoms with van der Waals surface area (Å²) in [5.74, 6) is 0.577. The molecule has 0 amide bonds. The largest absolute Gasteiger partial charge is 0.481 e. The van der Waals surface area contributed by atoms with E-state index >= 15 is 0 Å². The predicted octanol–water partition coefficient (Wildman–Crippen LogP) is 2.58. The molecule has 0 aliphatic carbocycles. The van der Waals surface area contributed by atoms with Crippen molar-refractivity contribution in [2.45, 2.75) is 13.5 Å². The molecule has 0 saturated carbocycles. The maximum atomic E-state index is 12.5. The zero-order chi connectivity index (χ0) is 22.2. The fourth-order valence-corrected chi connectivity index (χ4v) is 4.26. The Labute approximate surface area is 185 Å². The third-order valence-corrected chi connectivity index (χ3v) is 5.82. The van der Waals surface area contributed by atoms with Crippen molar-refractivity contribution in [1.29, 1.82) is 0 Å². The Hall–Kier alpha value is -3.99. The summed E-state index contributed by atoms with van der Waals surface area (Å²) in [4.78, 5) is 25.0. The molecule has 4 aromatic heterocycles. The van der Waals surface area contributed by atoms with Crippen LogP contribution >= 0.6 is 11.3 Å². The second-order valence-corrected chi connectivity index (χ2v) is 7.80. The number of benzene rings is 1. The van der Waals surface area contributed by atoms with Gasteiger partial charge in [-0.3, -0.25) is 13.8 Å². The molecule has 0 aliphatic rings. The number of aryl methyl sites for hydroxylation is 1. The molecule has 1 aromatic carbocycles. The number of nitrogens with zero attached hydrogens (tertiary/aromatic N) is 6. The van der Waals surface area contributed by atoms with Crippen LogP contribution in [0.1, 0.15) is 23.2 Å². The molecule has 10 nitrogen and oxygen atoms in total. The van der Waals surface area contributed by atoms with Crippen LogP contribution in [0.2, 0.25) is 0 Å². The summed E-state index contributed by atoms with van der Waals surface area (Å²) < 4.78 is 16.5. The molecule has 0 bridgehead atoms. The zero-order valence-corrected chi connectivity index (χ0v) is 18.1. The van der Waals surface area contributed by atoms with Crippen molar-refractivity contribution in [1.82, 2.24) is 28.9 Å². The number of aromatic nitrogens is 6. The zero-order valence-electron chi connectivity index (χ0n) is 17.3. The Morgan fingerprint density at radius 3 is 2.75 bits per heavy atom. The summed E-state index contributed by atoms with van der Waals surface area (Å²) in [5, 5.41) is 14.6. The van der Waals surface area contributed by atoms with E-state index in [4.69, 9.17) is 9.47 Å². The minimum absolute atomic E-state index is 0.0111. The van der Waals surface area contributed by atoms with Crippen molar-refractivity contribution in [3.63, 3.8) is 0 Å². The standard InChI is InChI=1S/C21H18N6O4S/c1-3-30-20(29)17-15(11-26(24-17)13-7-5-4-6-8-13)31-12-16-22-23-21-25(2)19(28)18-14(27(16)21)9-10-32-18/h4-11H,3,12H2,1-2H3. The van der Waals surface area contributed by atoms with E-state index in [-0.39, 0.29) is 30.2 Å². The van der Waals surface area contributed by atoms with E-state index < -0.39 is 5.97 Å². The SMILES string of the molecule is CCOC(=O)c1nn(-c2ccccc2)cc1OCc1nnc2n(C)c(=O)c3sccc3n12. The molecule has 162 valence electrons. The molecule has 11 heteroatoms. The second kappa shape index (κ2) is 7.93. The highest BCUT2D eigenvalue weighted by Gasteiger charge is 2.22. The molecule has 32 heavy (non-hydrogen) atoms. The normalized spacial score (nSPS) is 11.3. The van der Waals surface area contributed by atoms with E-state index in [1.165, 1.54) is 15.9 Å². The molecule has 4 heterocycles. The van der Waals surface area contributed by atoms with Gasteiger partial charge in [0, 0.05) is 7.05 Å². The van der Waals surface area contributed by atoms with Crippen LogP contribution in [0.4, 0.5) is 0 Å². The van der Waals surface area contributed by atoms with Crippen molar-refractivity contribution >= 4 is 33.3 Å². The Balaban J connectivity index is 1.53. The smallest absolute Gasteiger partial charge is 0.362 e. The second-order valence-electron chi connectivity index (χ2n) is 6.88. The van der Waals surface area contributed by atoms with Gasteiger partial charge in [-0.2, -0.15) is 5.10 Å². The summed E-state index contributed by atoms with van der Waals surface area (Å²) in [6.07, 6.45) is 1.63. The van der Waals surface area contributed by atoms with Gasteiger partial charge in [-0.05, 0) is 30.5 Å². The number of carbonyl (C=O) groups is 1. The molecule has 5 rings (SSSR count). The van der Waals surface area contributed by atoms with Crippen LogP contribution in [0.5, 0.6) is 5.75 Å². The molecule has 0 fully saturated rings. The molecule has 0 N–H and O–H groups in total. The van der Waals surface area contributed by atoms with Crippen LogP contribution in [0, 0.1) is 0 Å². The van der Waals surface area contributed by atoms with Gasteiger partial charge >= 0.3 is 5.97 Å². The molecule has 0 aliphatic heterocycles. The lowest BCUT2D eigenvalue weighted by molar-refractivity contribution is 0.0513. The van der Waals surface area contributed by atoms with Crippen LogP contribution in [0.15, 0.2) is 52.8 Å². The first-order valence-corrected chi connectivity index (χ1v) is 10.7. The molecular formula is C21H18N6O4S. The summed E-state index contributed by atoms with van der Waals surface area (Å²) in [6, 6.07) is 11.2. The lowest BCUT2D eigenvalue weighted by Crippen LogP contribution is -2.19. The monoisotopic (exact) mass is 450 g/mol. The van der Waals surface area contributed by atoms with E-state index in [1.807, 2.05) is 41.8 Å². The Kier molecular flexibility index (Phi) is 4.94. The van der Waals surface area contributed by atoms with Gasteiger partial charge in [0.1, 0.15) is 11.3 Å². The molecule has 5 aromatic rings. The maximum absolute atomic E-state index is 12.5. The van der Waals surface area contributed by atoms with Gasteiger partial charge in [0.15, 0.2) is 11.6 Å². The lowest BCUT2D eigenvalue weighted by atomic mass is 10.3. The number of ether oxygens (including phenoxy) is 2. The van der Waals surface area contributed by atoms with Crippen LogP contribution in [0.25, 0.3) is 21.7 Å². The Morgan fingerprint density at radius 2 is 1.97 bits per heavy atom. The van der Waals surface area contributed by atoms with Gasteiger partial charge in [-0.1, -0.05) is 18.2 Å². The molecular weight excluding hydrogens is 432 g/mol. The van der Waals surface area contributed by atoms with Gasteiger partial charge in [-0.15, -0.1) is 21.5 Å². The van der Waals surface area contributed by atoms with Crippen LogP contribution in [-0.2, 0) is 18.4 Å². The highest BCUT2D eigenvalue weighted by molar-refractivity contribution is 7.17. The van der Waals surface area contributed by atoms with E-state index in [2.05, 4.69) is 15.3 Å². The van der Waals surface area contributed by atoms with E-state index in [1.54, 1.807) is 29.3 Å². The highest BCUT2D eigenvalue weighted by Crippen LogP contribution is 2.23. The number of carbonyl (C=O) groups excluding carboxylic acids is 1. The Bertz CT molecular complexity index is 1500. The molecule has 0 saturated heterocycles. The van der Waals surface area contributed by atoms with Crippen molar-refractivity contribution in [2.75, 3.05) is 6.61 Å². The fraction of sp³-hybridized carbons (Fsp3) is 0.190. The van der Waals surface area contributed by atoms with Gasteiger partial charge < -0.3 is 9.47 Å². The average Bonchev–Trinajstić information content (AvgIpc) is 3.54. The Morgan fingerprint density at radius 1 is 1.16 bits per heavy atom. The lowest BCUT2D eigenvalue weighted by Gasteiger charge is -2.07. The third-order valence-electron chi connectivity index (χ3n) is 4.92. The van der Waals surface area contributed by atoms with Crippen LogP contribution in [-0.4, -0.2) is 41.5 Å². The number of hydrogen-bond acceptors (Lipinski definition) is 8. The number of esters is 1. The van der Waals surface area contributed by atoms with Crippen LogP contribution < -0.4 is 10.3 Å². The summed E-state index contributed by atoms with van der Waals surface area (Å²) in [6.45, 7) is 1.96. The third kappa shape index (κ3) is 3.23. The fourth-order valence-electron chi connectivity index (χ4n) is 3.41. The van der Waals surface area contributed by atoms with Gasteiger partial charge in [0.25, 0.3) is 5.56 Å². The number of rotatable bonds is 6. The van der Waals surface area contributed by atoms with E-state index in [0.29, 0.717) is 21.8 Å². The summed E-state index contributed by atoms with van der Waals surface area (Å²) in [7, 11) is 1.65. The molecule has 0 unspecified atom stereocenters. The van der Waals surface area contributed by atoms with Crippen molar-refractivity contribution in [3.05, 3.63) is 69.8 Å². The van der Waals surface area contributed by atoms with E-state index in [0.717, 1.165) is 5.69 Å². The van der Waals surface area contributed by atoms with Crippen molar-refractivity contribution in [3.8, 4) is 11.4 Å². The number of thiophene rings is 1. The minimum atomic E-state index is -0.578. The average molecular weight is 450 g/mol. The first kappa shape index (κ1) is 19.9. The van der Waals surface area contributed by atoms with Gasteiger partial charge in [0.2, 0.25) is 11.5 Å². The first-order chi connectivity index (χ1) is 15.6. The van der Waals surface area contributed by atoms with Gasteiger partial charge in [0.05, 0.1) is 24.0 Å². The van der Waals surface area contributed by atoms with E-state index in [9.17, 15) is 9.59 Å². The minimum Gasteiger partial charge on any atom is -0.481 e. The predicted molar refractivity (Wildman–Crippen MR) is 117 cm³/mol. The first-order valence-electron chi connectivity index (χ1n) is 9.83. The van der Waals surface area contributed by atoms with Crippen molar-refractivity contribution in [2.24, 2.45) is 7.05 Å². The highest BCUT2D eigenvalue weighted by atomic mass is 32.1. The maximum Gasteiger partial charge on any atom is 0.362 e. The molecule has 0 radical (unpaired) electrons. The summed E-state index contributed by atoms with van der Waals surface area (Å²) in [5.41, 5.74) is 1.42. The van der Waals surface area contributed by atoms with Gasteiger partial charge in [-0.25, -0.2) is 9.48 Å². The number of fused-ring (bicyclic) bond motifs is 3. The molecule has 0 spiro atoms. The number of para-hydroxylation sites is 1. The van der Waals surface area contributed by atoms with Crippen molar-refractivity contribution < 1.29 is 14.3 Å². The summed E-state index contributed by atoms with van der Waals surface area (Å²) >= 11 is 1.36. The molecule has 0 atom stereocenters. The topological polar surface area (TPSA) is 106 Å². The quantitative estimate of drug-likeness (QED) is 0.366. The number of hydrogen-bond donors (Lipinski definition) is 0.